The standard InChI is InChI=1S/C16H10Cl2N2O3/c17-9-5-6-12(18)13(7-9)19-14(21)8-20-15(22)10-3-1-2-4-11(10)16(20)23/h1-7H,8H2,(H,19,21). The molecule has 0 fully saturated rings. The molecule has 7 heteroatoms. The number of hydrogen-bond donors (Lipinski definition) is 1. The smallest absolute Gasteiger partial charge is 0.262 e. The lowest BCUT2D eigenvalue weighted by Gasteiger charge is -2.14. The number of benzene rings is 2. The number of halogens is 2. The van der Waals surface area contributed by atoms with E-state index in [1.54, 1.807) is 36.4 Å². The van der Waals surface area contributed by atoms with Gasteiger partial charge in [-0.1, -0.05) is 35.3 Å². The van der Waals surface area contributed by atoms with Gasteiger partial charge in [0.25, 0.3) is 11.8 Å². The Labute approximate surface area is 141 Å². The van der Waals surface area contributed by atoms with Gasteiger partial charge < -0.3 is 5.32 Å². The lowest BCUT2D eigenvalue weighted by Crippen LogP contribution is -2.37. The largest absolute Gasteiger partial charge is 0.323 e. The van der Waals surface area contributed by atoms with E-state index in [2.05, 4.69) is 5.32 Å². The van der Waals surface area contributed by atoms with Crippen LogP contribution in [0.5, 0.6) is 0 Å². The highest BCUT2D eigenvalue weighted by Gasteiger charge is 2.36. The van der Waals surface area contributed by atoms with Crippen molar-refractivity contribution >= 4 is 46.6 Å². The second kappa shape index (κ2) is 6.02. The minimum atomic E-state index is -0.538. The molecular weight excluding hydrogens is 339 g/mol. The zero-order valence-electron chi connectivity index (χ0n) is 11.7. The molecular formula is C16H10Cl2N2O3. The number of nitrogens with one attached hydrogen (secondary N) is 1. The molecule has 0 spiro atoms. The molecule has 1 aliphatic heterocycles. The van der Waals surface area contributed by atoms with Crippen molar-refractivity contribution < 1.29 is 14.4 Å². The van der Waals surface area contributed by atoms with Gasteiger partial charge in [-0.2, -0.15) is 0 Å². The molecule has 0 unspecified atom stereocenters. The summed E-state index contributed by atoms with van der Waals surface area (Å²) in [6.45, 7) is -0.394. The van der Waals surface area contributed by atoms with Crippen molar-refractivity contribution in [1.82, 2.24) is 4.90 Å². The molecule has 0 radical (unpaired) electrons. The van der Waals surface area contributed by atoms with Crippen molar-refractivity contribution in [2.24, 2.45) is 0 Å². The number of carbonyl (C=O) groups excluding carboxylic acids is 3. The van der Waals surface area contributed by atoms with Crippen LogP contribution in [0.1, 0.15) is 20.7 Å². The van der Waals surface area contributed by atoms with Crippen molar-refractivity contribution in [3.05, 3.63) is 63.6 Å². The lowest BCUT2D eigenvalue weighted by molar-refractivity contribution is -0.116. The quantitative estimate of drug-likeness (QED) is 0.866. The number of imide groups is 1. The maximum atomic E-state index is 12.2. The first-order valence-corrected chi connectivity index (χ1v) is 7.43. The van der Waals surface area contributed by atoms with Gasteiger partial charge in [-0.05, 0) is 30.3 Å². The van der Waals surface area contributed by atoms with Crippen LogP contribution in [-0.4, -0.2) is 29.2 Å². The molecule has 1 N–H and O–H groups in total. The van der Waals surface area contributed by atoms with Crippen LogP contribution in [0.25, 0.3) is 0 Å². The number of rotatable bonds is 3. The Morgan fingerprint density at radius 2 is 1.61 bits per heavy atom. The summed E-state index contributed by atoms with van der Waals surface area (Å²) in [5.41, 5.74) is 0.915. The van der Waals surface area contributed by atoms with Gasteiger partial charge >= 0.3 is 0 Å². The van der Waals surface area contributed by atoms with Gasteiger partial charge in [0, 0.05) is 5.02 Å². The van der Waals surface area contributed by atoms with Gasteiger partial charge in [0.05, 0.1) is 21.8 Å². The summed E-state index contributed by atoms with van der Waals surface area (Å²) in [4.78, 5) is 37.4. The number of nitrogens with zero attached hydrogens (tertiary/aromatic N) is 1. The number of anilines is 1. The molecule has 0 aromatic heterocycles. The normalized spacial score (nSPS) is 13.2. The fourth-order valence-electron chi connectivity index (χ4n) is 2.31. The first kappa shape index (κ1) is 15.5. The molecule has 2 aromatic carbocycles. The van der Waals surface area contributed by atoms with Crippen molar-refractivity contribution in [1.29, 1.82) is 0 Å². The van der Waals surface area contributed by atoms with Crippen LogP contribution >= 0.6 is 23.2 Å². The van der Waals surface area contributed by atoms with E-state index in [0.29, 0.717) is 26.9 Å². The summed E-state index contributed by atoms with van der Waals surface area (Å²) in [6, 6.07) is 11.1. The molecule has 0 saturated heterocycles. The maximum absolute atomic E-state index is 12.2. The Balaban J connectivity index is 1.76. The van der Waals surface area contributed by atoms with Gasteiger partial charge in [-0.25, -0.2) is 0 Å². The highest BCUT2D eigenvalue weighted by molar-refractivity contribution is 6.35. The summed E-state index contributed by atoms with van der Waals surface area (Å²) in [5.74, 6) is -1.51. The first-order chi connectivity index (χ1) is 11.0. The second-order valence-electron chi connectivity index (χ2n) is 4.91. The van der Waals surface area contributed by atoms with Crippen molar-refractivity contribution in [3.8, 4) is 0 Å². The first-order valence-electron chi connectivity index (χ1n) is 6.67. The molecule has 2 aromatic rings. The monoisotopic (exact) mass is 348 g/mol. The number of fused-ring (bicyclic) bond motifs is 1. The van der Waals surface area contributed by atoms with Crippen LogP contribution in [0.3, 0.4) is 0 Å². The zero-order valence-corrected chi connectivity index (χ0v) is 13.2. The summed E-state index contributed by atoms with van der Waals surface area (Å²) >= 11 is 11.8. The fourth-order valence-corrected chi connectivity index (χ4v) is 2.65. The molecule has 116 valence electrons. The van der Waals surface area contributed by atoms with Crippen LogP contribution in [0.2, 0.25) is 10.0 Å². The van der Waals surface area contributed by atoms with Crippen LogP contribution in [0, 0.1) is 0 Å². The van der Waals surface area contributed by atoms with Crippen LogP contribution in [-0.2, 0) is 4.79 Å². The van der Waals surface area contributed by atoms with Crippen molar-refractivity contribution in [2.45, 2.75) is 0 Å². The van der Waals surface area contributed by atoms with Gasteiger partial charge in [-0.3, -0.25) is 19.3 Å². The Hall–Kier alpha value is -2.37. The van der Waals surface area contributed by atoms with E-state index < -0.39 is 24.3 Å². The Kier molecular flexibility index (Phi) is 4.07. The Morgan fingerprint density at radius 1 is 1.00 bits per heavy atom. The Bertz CT molecular complexity index is 801. The predicted octanol–water partition coefficient (Wildman–Crippen LogP) is 3.23. The summed E-state index contributed by atoms with van der Waals surface area (Å²) in [5, 5.41) is 3.26. The molecule has 3 amide bonds. The van der Waals surface area contributed by atoms with Crippen molar-refractivity contribution in [2.75, 3.05) is 11.9 Å². The van der Waals surface area contributed by atoms with E-state index in [1.165, 1.54) is 6.07 Å². The third-order valence-electron chi connectivity index (χ3n) is 3.38. The second-order valence-corrected chi connectivity index (χ2v) is 5.76. The van der Waals surface area contributed by atoms with Gasteiger partial charge in [-0.15, -0.1) is 0 Å². The maximum Gasteiger partial charge on any atom is 0.262 e. The number of hydrogen-bond acceptors (Lipinski definition) is 3. The van der Waals surface area contributed by atoms with Gasteiger partial charge in [0.2, 0.25) is 5.91 Å². The molecule has 23 heavy (non-hydrogen) atoms. The van der Waals surface area contributed by atoms with Crippen LogP contribution < -0.4 is 5.32 Å². The molecule has 1 heterocycles. The summed E-state index contributed by atoms with van der Waals surface area (Å²) in [7, 11) is 0. The third kappa shape index (κ3) is 2.93. The lowest BCUT2D eigenvalue weighted by atomic mass is 10.1. The minimum absolute atomic E-state index is 0.297. The van der Waals surface area contributed by atoms with E-state index in [9.17, 15) is 14.4 Å². The summed E-state index contributed by atoms with van der Waals surface area (Å²) < 4.78 is 0. The van der Waals surface area contributed by atoms with E-state index in [0.717, 1.165) is 4.90 Å². The molecule has 5 nitrogen and oxygen atoms in total. The van der Waals surface area contributed by atoms with E-state index in [-0.39, 0.29) is 0 Å². The van der Waals surface area contributed by atoms with Crippen LogP contribution in [0.15, 0.2) is 42.5 Å². The number of carbonyl (C=O) groups is 3. The predicted molar refractivity (Wildman–Crippen MR) is 86.9 cm³/mol. The molecule has 0 bridgehead atoms. The third-order valence-corrected chi connectivity index (χ3v) is 3.95. The topological polar surface area (TPSA) is 66.5 Å². The van der Waals surface area contributed by atoms with Gasteiger partial charge in [0.15, 0.2) is 0 Å². The molecule has 0 saturated carbocycles. The van der Waals surface area contributed by atoms with Crippen LogP contribution in [0.4, 0.5) is 5.69 Å². The van der Waals surface area contributed by atoms with Gasteiger partial charge in [0.1, 0.15) is 6.54 Å². The fraction of sp³-hybridized carbons (Fsp3) is 0.0625. The molecule has 0 atom stereocenters. The molecule has 3 rings (SSSR count). The van der Waals surface area contributed by atoms with E-state index in [1.807, 2.05) is 0 Å². The highest BCUT2D eigenvalue weighted by atomic mass is 35.5. The zero-order chi connectivity index (χ0) is 16.6. The highest BCUT2D eigenvalue weighted by Crippen LogP contribution is 2.26. The van der Waals surface area contributed by atoms with E-state index >= 15 is 0 Å². The SMILES string of the molecule is O=C(CN1C(=O)c2ccccc2C1=O)Nc1cc(Cl)ccc1Cl. The summed E-state index contributed by atoms with van der Waals surface area (Å²) in [6.07, 6.45) is 0. The minimum Gasteiger partial charge on any atom is -0.323 e. The Morgan fingerprint density at radius 3 is 2.22 bits per heavy atom. The average molecular weight is 349 g/mol. The number of amides is 3. The molecule has 1 aliphatic rings. The van der Waals surface area contributed by atoms with Crippen molar-refractivity contribution in [3.63, 3.8) is 0 Å². The molecule has 0 aliphatic carbocycles. The van der Waals surface area contributed by atoms with E-state index in [4.69, 9.17) is 23.2 Å². The average Bonchev–Trinajstić information content (AvgIpc) is 2.76.